The smallest absolute Gasteiger partial charge is 0.233 e. The molecule has 1 aromatic carbocycles. The van der Waals surface area contributed by atoms with Crippen LogP contribution in [0.3, 0.4) is 0 Å². The summed E-state index contributed by atoms with van der Waals surface area (Å²) in [6, 6.07) is 6.64. The second kappa shape index (κ2) is 8.27. The van der Waals surface area contributed by atoms with E-state index in [0.29, 0.717) is 37.6 Å². The van der Waals surface area contributed by atoms with E-state index >= 15 is 0 Å². The number of hydrogen-bond donors (Lipinski definition) is 2. The molecule has 1 aromatic rings. The summed E-state index contributed by atoms with van der Waals surface area (Å²) in [4.78, 5) is 49.7. The van der Waals surface area contributed by atoms with Gasteiger partial charge in [-0.3, -0.25) is 19.2 Å². The summed E-state index contributed by atoms with van der Waals surface area (Å²) in [5, 5.41) is 5.29. The van der Waals surface area contributed by atoms with Crippen LogP contribution in [0.2, 0.25) is 0 Å². The molecule has 134 valence electrons. The lowest BCUT2D eigenvalue weighted by Gasteiger charge is -2.34. The van der Waals surface area contributed by atoms with E-state index in [1.165, 1.54) is 13.8 Å². The largest absolute Gasteiger partial charge is 0.339 e. The summed E-state index contributed by atoms with van der Waals surface area (Å²) in [5.74, 6) is -0.832. The highest BCUT2D eigenvalue weighted by molar-refractivity contribution is 6.03. The van der Waals surface area contributed by atoms with Crippen molar-refractivity contribution < 1.29 is 19.2 Å². The maximum atomic E-state index is 12.2. The summed E-state index contributed by atoms with van der Waals surface area (Å²) in [6.07, 6.45) is -0.243. The first-order chi connectivity index (χ1) is 11.8. The van der Waals surface area contributed by atoms with Crippen LogP contribution in [-0.2, 0) is 19.2 Å². The highest BCUT2D eigenvalue weighted by Gasteiger charge is 2.23. The summed E-state index contributed by atoms with van der Waals surface area (Å²) in [6.45, 7) is 4.79. The van der Waals surface area contributed by atoms with Gasteiger partial charge in [-0.25, -0.2) is 0 Å². The molecule has 0 aromatic heterocycles. The normalized spacial score (nSPS) is 14.0. The molecule has 1 heterocycles. The van der Waals surface area contributed by atoms with Crippen LogP contribution in [-0.4, -0.2) is 59.6 Å². The van der Waals surface area contributed by atoms with Gasteiger partial charge in [-0.2, -0.15) is 0 Å². The van der Waals surface area contributed by atoms with Crippen LogP contribution in [0.4, 0.5) is 11.4 Å². The van der Waals surface area contributed by atoms with Crippen molar-refractivity contribution in [3.63, 3.8) is 0 Å². The zero-order chi connectivity index (χ0) is 18.4. The summed E-state index contributed by atoms with van der Waals surface area (Å²) in [7, 11) is 0. The van der Waals surface area contributed by atoms with Crippen molar-refractivity contribution in [2.24, 2.45) is 0 Å². The molecule has 0 unspecified atom stereocenters. The minimum Gasteiger partial charge on any atom is -0.339 e. The molecule has 1 fully saturated rings. The first kappa shape index (κ1) is 18.4. The van der Waals surface area contributed by atoms with Crippen LogP contribution in [0.1, 0.15) is 20.3 Å². The molecule has 2 N–H and O–H groups in total. The molecule has 0 saturated carbocycles. The molecule has 4 amide bonds. The van der Waals surface area contributed by atoms with Gasteiger partial charge < -0.3 is 20.4 Å². The van der Waals surface area contributed by atoms with E-state index in [9.17, 15) is 19.2 Å². The monoisotopic (exact) mass is 346 g/mol. The van der Waals surface area contributed by atoms with Gasteiger partial charge >= 0.3 is 0 Å². The number of amides is 4. The van der Waals surface area contributed by atoms with Crippen LogP contribution < -0.4 is 10.6 Å². The molecule has 1 aliphatic heterocycles. The lowest BCUT2D eigenvalue weighted by Crippen LogP contribution is -2.50. The molecule has 0 bridgehead atoms. The van der Waals surface area contributed by atoms with Gasteiger partial charge in [0.2, 0.25) is 23.6 Å². The third-order valence-electron chi connectivity index (χ3n) is 3.88. The van der Waals surface area contributed by atoms with E-state index in [1.807, 2.05) is 0 Å². The fourth-order valence-corrected chi connectivity index (χ4v) is 2.57. The highest BCUT2D eigenvalue weighted by atomic mass is 16.2. The van der Waals surface area contributed by atoms with E-state index in [0.717, 1.165) is 0 Å². The van der Waals surface area contributed by atoms with Gasteiger partial charge in [0, 0.05) is 51.4 Å². The molecule has 0 aliphatic carbocycles. The Morgan fingerprint density at radius 1 is 0.840 bits per heavy atom. The first-order valence-electron chi connectivity index (χ1n) is 8.06. The number of carbonyl (C=O) groups is 4. The molecule has 0 atom stereocenters. The Labute approximate surface area is 146 Å². The maximum absolute atomic E-state index is 12.2. The van der Waals surface area contributed by atoms with E-state index in [4.69, 9.17) is 0 Å². The molecule has 0 spiro atoms. The number of rotatable bonds is 4. The first-order valence-corrected chi connectivity index (χ1v) is 8.06. The standard InChI is InChI=1S/C17H22N4O4/c1-12(22)18-14-3-5-15(6-4-14)19-16(24)11-17(25)21-9-7-20(8-10-21)13(2)23/h3-6H,7-11H2,1-2H3,(H,18,22)(H,19,24). The molecule has 1 aliphatic rings. The SMILES string of the molecule is CC(=O)Nc1ccc(NC(=O)CC(=O)N2CCN(C(C)=O)CC2)cc1. The topological polar surface area (TPSA) is 98.8 Å². The fraction of sp³-hybridized carbons (Fsp3) is 0.412. The third-order valence-corrected chi connectivity index (χ3v) is 3.88. The van der Waals surface area contributed by atoms with Crippen molar-refractivity contribution in [2.75, 3.05) is 36.8 Å². The number of hydrogen-bond acceptors (Lipinski definition) is 4. The van der Waals surface area contributed by atoms with Crippen LogP contribution in [0, 0.1) is 0 Å². The predicted octanol–water partition coefficient (Wildman–Crippen LogP) is 0.664. The van der Waals surface area contributed by atoms with E-state index in [-0.39, 0.29) is 24.1 Å². The second-order valence-electron chi connectivity index (χ2n) is 5.87. The maximum Gasteiger partial charge on any atom is 0.233 e. The fourth-order valence-electron chi connectivity index (χ4n) is 2.57. The Kier molecular flexibility index (Phi) is 6.10. The van der Waals surface area contributed by atoms with Crippen LogP contribution >= 0.6 is 0 Å². The number of nitrogens with zero attached hydrogens (tertiary/aromatic N) is 2. The average Bonchev–Trinajstić information content (AvgIpc) is 2.56. The lowest BCUT2D eigenvalue weighted by molar-refractivity contribution is -0.140. The van der Waals surface area contributed by atoms with Crippen molar-refractivity contribution in [1.82, 2.24) is 9.80 Å². The van der Waals surface area contributed by atoms with Gasteiger partial charge in [-0.05, 0) is 24.3 Å². The number of carbonyl (C=O) groups excluding carboxylic acids is 4. The molecule has 8 heteroatoms. The average molecular weight is 346 g/mol. The quantitative estimate of drug-likeness (QED) is 0.783. The minimum atomic E-state index is -0.397. The van der Waals surface area contributed by atoms with Gasteiger partial charge in [-0.1, -0.05) is 0 Å². The molecule has 1 saturated heterocycles. The summed E-state index contributed by atoms with van der Waals surface area (Å²) >= 11 is 0. The number of piperazine rings is 1. The number of benzene rings is 1. The predicted molar refractivity (Wildman–Crippen MR) is 92.8 cm³/mol. The molecular weight excluding hydrogens is 324 g/mol. The Hall–Kier alpha value is -2.90. The van der Waals surface area contributed by atoms with E-state index < -0.39 is 5.91 Å². The van der Waals surface area contributed by atoms with Gasteiger partial charge in [0.1, 0.15) is 6.42 Å². The Morgan fingerprint density at radius 2 is 1.32 bits per heavy atom. The highest BCUT2D eigenvalue weighted by Crippen LogP contribution is 2.14. The zero-order valence-electron chi connectivity index (χ0n) is 14.4. The van der Waals surface area contributed by atoms with Gasteiger partial charge in [0.15, 0.2) is 0 Å². The Morgan fingerprint density at radius 3 is 1.80 bits per heavy atom. The van der Waals surface area contributed by atoms with Crippen molar-refractivity contribution in [3.8, 4) is 0 Å². The van der Waals surface area contributed by atoms with Crippen LogP contribution in [0.15, 0.2) is 24.3 Å². The second-order valence-corrected chi connectivity index (χ2v) is 5.87. The number of nitrogens with one attached hydrogen (secondary N) is 2. The van der Waals surface area contributed by atoms with Gasteiger partial charge in [0.25, 0.3) is 0 Å². The molecule has 0 radical (unpaired) electrons. The molecule has 2 rings (SSSR count). The van der Waals surface area contributed by atoms with Crippen molar-refractivity contribution in [1.29, 1.82) is 0 Å². The van der Waals surface area contributed by atoms with Crippen LogP contribution in [0.5, 0.6) is 0 Å². The Bertz CT molecular complexity index is 664. The van der Waals surface area contributed by atoms with Gasteiger partial charge in [-0.15, -0.1) is 0 Å². The minimum absolute atomic E-state index is 0.00690. The van der Waals surface area contributed by atoms with E-state index in [2.05, 4.69) is 10.6 Å². The van der Waals surface area contributed by atoms with E-state index in [1.54, 1.807) is 34.1 Å². The number of anilines is 2. The van der Waals surface area contributed by atoms with Gasteiger partial charge in [0.05, 0.1) is 0 Å². The lowest BCUT2D eigenvalue weighted by atomic mass is 10.2. The summed E-state index contributed by atoms with van der Waals surface area (Å²) in [5.41, 5.74) is 1.18. The van der Waals surface area contributed by atoms with Crippen molar-refractivity contribution in [2.45, 2.75) is 20.3 Å². The molecule has 25 heavy (non-hydrogen) atoms. The summed E-state index contributed by atoms with van der Waals surface area (Å²) < 4.78 is 0. The molecular formula is C17H22N4O4. The van der Waals surface area contributed by atoms with Crippen molar-refractivity contribution >= 4 is 35.0 Å². The Balaban J connectivity index is 1.80. The molecule has 8 nitrogen and oxygen atoms in total. The van der Waals surface area contributed by atoms with Crippen molar-refractivity contribution in [3.05, 3.63) is 24.3 Å². The third kappa shape index (κ3) is 5.59. The zero-order valence-corrected chi connectivity index (χ0v) is 14.4. The van der Waals surface area contributed by atoms with Crippen LogP contribution in [0.25, 0.3) is 0 Å².